The minimum Gasteiger partial charge on any atom is -0.489 e. The summed E-state index contributed by atoms with van der Waals surface area (Å²) in [5.41, 5.74) is 8.12. The minimum atomic E-state index is -0.701. The quantitative estimate of drug-likeness (QED) is 0.483. The van der Waals surface area contributed by atoms with Crippen LogP contribution in [-0.2, 0) is 6.61 Å². The number of ether oxygens (including phenoxy) is 2. The molecule has 32 heavy (non-hydrogen) atoms. The van der Waals surface area contributed by atoms with Crippen LogP contribution < -0.4 is 20.8 Å². The molecule has 0 radical (unpaired) electrons. The Bertz CT molecular complexity index is 1430. The van der Waals surface area contributed by atoms with Gasteiger partial charge in [-0.3, -0.25) is 0 Å². The molecule has 2 heterocycles. The summed E-state index contributed by atoms with van der Waals surface area (Å²) in [7, 11) is 0. The summed E-state index contributed by atoms with van der Waals surface area (Å²) in [5, 5.41) is 10.4. The summed E-state index contributed by atoms with van der Waals surface area (Å²) in [5.74, 6) is 0.270. The number of hydrogen-bond donors (Lipinski definition) is 1. The summed E-state index contributed by atoms with van der Waals surface area (Å²) in [4.78, 5) is 12.9. The highest BCUT2D eigenvalue weighted by atomic mass is 16.5. The Morgan fingerprint density at radius 1 is 0.969 bits per heavy atom. The zero-order chi connectivity index (χ0) is 22.1. The van der Waals surface area contributed by atoms with Crippen LogP contribution in [-0.4, -0.2) is 0 Å². The van der Waals surface area contributed by atoms with Gasteiger partial charge in [0.15, 0.2) is 5.75 Å². The smallest absolute Gasteiger partial charge is 0.344 e. The molecular formula is C26H18N2O4. The van der Waals surface area contributed by atoms with Crippen LogP contribution in [0.3, 0.4) is 0 Å². The van der Waals surface area contributed by atoms with Gasteiger partial charge in [0.05, 0.1) is 16.9 Å². The number of rotatable bonds is 4. The number of fused-ring (bicyclic) bond motifs is 3. The van der Waals surface area contributed by atoms with Crippen molar-refractivity contribution >= 4 is 11.0 Å². The largest absolute Gasteiger partial charge is 0.489 e. The van der Waals surface area contributed by atoms with Gasteiger partial charge in [-0.25, -0.2) is 4.79 Å². The molecule has 5 rings (SSSR count). The highest BCUT2D eigenvalue weighted by molar-refractivity contribution is 5.86. The normalized spacial score (nSPS) is 15.0. The zero-order valence-corrected chi connectivity index (χ0v) is 16.9. The van der Waals surface area contributed by atoms with Crippen LogP contribution >= 0.6 is 0 Å². The average molecular weight is 422 g/mol. The second-order valence-electron chi connectivity index (χ2n) is 7.40. The Hall–Kier alpha value is -4.50. The molecule has 4 aromatic rings. The van der Waals surface area contributed by atoms with Crippen LogP contribution in [0.25, 0.3) is 11.0 Å². The van der Waals surface area contributed by atoms with Gasteiger partial charge in [0.25, 0.3) is 0 Å². The fourth-order valence-corrected chi connectivity index (χ4v) is 3.90. The van der Waals surface area contributed by atoms with Crippen LogP contribution in [0.1, 0.15) is 22.6 Å². The van der Waals surface area contributed by atoms with E-state index in [1.807, 2.05) is 48.5 Å². The molecule has 1 aromatic heterocycles. The van der Waals surface area contributed by atoms with Gasteiger partial charge in [-0.05, 0) is 35.4 Å². The lowest BCUT2D eigenvalue weighted by molar-refractivity contribution is 0.306. The standard InChI is InChI=1S/C26H18N2O4/c27-14-20-22(17-10-12-18(13-11-17)30-15-16-6-2-1-3-7-16)23-24(32-25(20)28)19-8-4-5-9-21(19)31-26(23)29/h1-13,22H,15,28H2/t22-/m0/s1. The molecule has 156 valence electrons. The predicted molar refractivity (Wildman–Crippen MR) is 119 cm³/mol. The van der Waals surface area contributed by atoms with E-state index in [0.29, 0.717) is 34.6 Å². The van der Waals surface area contributed by atoms with Crippen LogP contribution in [0.15, 0.2) is 99.5 Å². The zero-order valence-electron chi connectivity index (χ0n) is 16.9. The van der Waals surface area contributed by atoms with E-state index >= 15 is 0 Å². The van der Waals surface area contributed by atoms with E-state index in [4.69, 9.17) is 19.6 Å². The number of para-hydroxylation sites is 1. The first-order valence-electron chi connectivity index (χ1n) is 10.1. The summed E-state index contributed by atoms with van der Waals surface area (Å²) < 4.78 is 17.1. The van der Waals surface area contributed by atoms with Gasteiger partial charge >= 0.3 is 5.63 Å². The third-order valence-corrected chi connectivity index (χ3v) is 5.44. The molecule has 0 bridgehead atoms. The molecule has 0 saturated carbocycles. The van der Waals surface area contributed by atoms with Crippen molar-refractivity contribution in [1.29, 1.82) is 5.26 Å². The second kappa shape index (κ2) is 7.97. The summed E-state index contributed by atoms with van der Waals surface area (Å²) in [6.45, 7) is 0.437. The van der Waals surface area contributed by atoms with E-state index in [-0.39, 0.29) is 17.0 Å². The maximum absolute atomic E-state index is 12.9. The van der Waals surface area contributed by atoms with Crippen LogP contribution in [0.4, 0.5) is 0 Å². The highest BCUT2D eigenvalue weighted by Crippen LogP contribution is 2.43. The van der Waals surface area contributed by atoms with Gasteiger partial charge < -0.3 is 19.6 Å². The molecule has 1 aliphatic heterocycles. The fraction of sp³-hybridized carbons (Fsp3) is 0.0769. The average Bonchev–Trinajstić information content (AvgIpc) is 2.83. The molecule has 1 atom stereocenters. The first-order chi connectivity index (χ1) is 15.7. The summed E-state index contributed by atoms with van der Waals surface area (Å²) in [6.07, 6.45) is 0. The van der Waals surface area contributed by atoms with Crippen molar-refractivity contribution in [1.82, 2.24) is 0 Å². The molecule has 0 fully saturated rings. The fourth-order valence-electron chi connectivity index (χ4n) is 3.90. The van der Waals surface area contributed by atoms with E-state index in [1.165, 1.54) is 0 Å². The topological polar surface area (TPSA) is 98.5 Å². The molecule has 3 aromatic carbocycles. The molecule has 6 nitrogen and oxygen atoms in total. The molecule has 0 aliphatic carbocycles. The van der Waals surface area contributed by atoms with Crippen molar-refractivity contribution in [2.45, 2.75) is 12.5 Å². The molecule has 0 spiro atoms. The van der Waals surface area contributed by atoms with Crippen molar-refractivity contribution in [3.05, 3.63) is 117 Å². The lowest BCUT2D eigenvalue weighted by atomic mass is 9.84. The SMILES string of the molecule is N#CC1=C(N)Oc2c(c(=O)oc3ccccc23)[C@H]1c1ccc(OCc2ccccc2)cc1. The third-order valence-electron chi connectivity index (χ3n) is 5.44. The summed E-state index contributed by atoms with van der Waals surface area (Å²) in [6, 6.07) is 26.3. The molecular weight excluding hydrogens is 404 g/mol. The molecule has 0 saturated heterocycles. The van der Waals surface area contributed by atoms with E-state index in [9.17, 15) is 10.1 Å². The van der Waals surface area contributed by atoms with Gasteiger partial charge in [-0.2, -0.15) is 5.26 Å². The Kier molecular flexibility index (Phi) is 4.85. The van der Waals surface area contributed by atoms with Gasteiger partial charge in [-0.15, -0.1) is 0 Å². The number of benzene rings is 3. The Balaban J connectivity index is 1.55. The van der Waals surface area contributed by atoms with Crippen molar-refractivity contribution in [2.24, 2.45) is 5.73 Å². The lowest BCUT2D eigenvalue weighted by Crippen LogP contribution is -2.26. The van der Waals surface area contributed by atoms with Crippen molar-refractivity contribution in [3.8, 4) is 17.6 Å². The lowest BCUT2D eigenvalue weighted by Gasteiger charge is -2.26. The molecule has 6 heteroatoms. The minimum absolute atomic E-state index is 0.0230. The number of allylic oxidation sites excluding steroid dienone is 1. The van der Waals surface area contributed by atoms with Crippen molar-refractivity contribution in [2.75, 3.05) is 0 Å². The first-order valence-corrected chi connectivity index (χ1v) is 10.1. The molecule has 0 unspecified atom stereocenters. The second-order valence-corrected chi connectivity index (χ2v) is 7.40. The van der Waals surface area contributed by atoms with E-state index in [2.05, 4.69) is 6.07 Å². The summed E-state index contributed by atoms with van der Waals surface area (Å²) >= 11 is 0. The Morgan fingerprint density at radius 3 is 2.44 bits per heavy atom. The number of nitrogens with two attached hydrogens (primary N) is 1. The molecule has 0 amide bonds. The van der Waals surface area contributed by atoms with E-state index in [0.717, 1.165) is 5.56 Å². The van der Waals surface area contributed by atoms with Crippen LogP contribution in [0, 0.1) is 11.3 Å². The van der Waals surface area contributed by atoms with Gasteiger partial charge in [0, 0.05) is 0 Å². The van der Waals surface area contributed by atoms with Gasteiger partial charge in [-0.1, -0.05) is 54.6 Å². The number of nitriles is 1. The Morgan fingerprint density at radius 2 is 1.69 bits per heavy atom. The Labute approximate surface area is 183 Å². The monoisotopic (exact) mass is 422 g/mol. The number of hydrogen-bond acceptors (Lipinski definition) is 6. The first kappa shape index (κ1) is 19.5. The molecule has 1 aliphatic rings. The van der Waals surface area contributed by atoms with Crippen molar-refractivity contribution in [3.63, 3.8) is 0 Å². The molecule has 2 N–H and O–H groups in total. The van der Waals surface area contributed by atoms with E-state index < -0.39 is 11.5 Å². The highest BCUT2D eigenvalue weighted by Gasteiger charge is 2.35. The third kappa shape index (κ3) is 3.36. The maximum Gasteiger partial charge on any atom is 0.344 e. The van der Waals surface area contributed by atoms with Gasteiger partial charge in [0.2, 0.25) is 5.88 Å². The van der Waals surface area contributed by atoms with Crippen LogP contribution in [0.2, 0.25) is 0 Å². The van der Waals surface area contributed by atoms with Crippen LogP contribution in [0.5, 0.6) is 11.5 Å². The van der Waals surface area contributed by atoms with E-state index in [1.54, 1.807) is 30.3 Å². The predicted octanol–water partition coefficient (Wildman–Crippen LogP) is 4.59. The number of nitrogens with zero attached hydrogens (tertiary/aromatic N) is 1. The van der Waals surface area contributed by atoms with Crippen molar-refractivity contribution < 1.29 is 13.9 Å². The van der Waals surface area contributed by atoms with Gasteiger partial charge in [0.1, 0.15) is 29.6 Å². The maximum atomic E-state index is 12.9.